The summed E-state index contributed by atoms with van der Waals surface area (Å²) in [5, 5.41) is 3.41. The molecule has 1 saturated carbocycles. The largest absolute Gasteiger partial charge is 0.352 e. The van der Waals surface area contributed by atoms with Crippen LogP contribution in [0, 0.1) is 12.7 Å². The van der Waals surface area contributed by atoms with Crippen LogP contribution in [-0.4, -0.2) is 43.8 Å². The Morgan fingerprint density at radius 2 is 1.66 bits per heavy atom. The Bertz CT molecular complexity index is 1460. The van der Waals surface area contributed by atoms with Gasteiger partial charge in [0.05, 0.1) is 10.6 Å². The third-order valence-corrected chi connectivity index (χ3v) is 9.63. The van der Waals surface area contributed by atoms with Crippen LogP contribution in [0.3, 0.4) is 0 Å². The van der Waals surface area contributed by atoms with Crippen molar-refractivity contribution in [3.05, 3.63) is 94.8 Å². The molecule has 0 aromatic heterocycles. The van der Waals surface area contributed by atoms with E-state index in [1.54, 1.807) is 56.3 Å². The molecule has 0 radical (unpaired) electrons. The first-order chi connectivity index (χ1) is 19.6. The second-order valence-corrected chi connectivity index (χ2v) is 12.7. The van der Waals surface area contributed by atoms with Gasteiger partial charge in [-0.25, -0.2) is 12.8 Å². The maximum Gasteiger partial charge on any atom is 0.264 e. The summed E-state index contributed by atoms with van der Waals surface area (Å²) in [5.41, 5.74) is 1.58. The van der Waals surface area contributed by atoms with E-state index in [1.807, 2.05) is 0 Å². The molecule has 0 aliphatic heterocycles. The van der Waals surface area contributed by atoms with Gasteiger partial charge in [-0.15, -0.1) is 0 Å². The summed E-state index contributed by atoms with van der Waals surface area (Å²) < 4.78 is 42.3. The van der Waals surface area contributed by atoms with Gasteiger partial charge in [-0.3, -0.25) is 13.9 Å². The van der Waals surface area contributed by atoms with E-state index in [2.05, 4.69) is 5.32 Å². The third kappa shape index (κ3) is 7.65. The van der Waals surface area contributed by atoms with Crippen molar-refractivity contribution in [2.24, 2.45) is 0 Å². The molecule has 218 valence electrons. The van der Waals surface area contributed by atoms with Crippen LogP contribution < -0.4 is 9.62 Å². The summed E-state index contributed by atoms with van der Waals surface area (Å²) in [4.78, 5) is 28.7. The van der Waals surface area contributed by atoms with Crippen LogP contribution in [0.2, 0.25) is 5.02 Å². The minimum Gasteiger partial charge on any atom is -0.352 e. The number of carbonyl (C=O) groups excluding carboxylic acids is 2. The van der Waals surface area contributed by atoms with Crippen LogP contribution in [-0.2, 0) is 26.2 Å². The van der Waals surface area contributed by atoms with Gasteiger partial charge in [-0.1, -0.05) is 67.3 Å². The number of amides is 2. The molecule has 1 aliphatic carbocycles. The molecular formula is C31H35ClFN3O4S. The zero-order valence-electron chi connectivity index (χ0n) is 23.2. The van der Waals surface area contributed by atoms with Crippen LogP contribution in [0.25, 0.3) is 0 Å². The van der Waals surface area contributed by atoms with Crippen molar-refractivity contribution in [2.75, 3.05) is 10.8 Å². The Kier molecular flexibility index (Phi) is 10.0. The van der Waals surface area contributed by atoms with E-state index in [0.717, 1.165) is 42.0 Å². The monoisotopic (exact) mass is 599 g/mol. The zero-order valence-corrected chi connectivity index (χ0v) is 24.8. The van der Waals surface area contributed by atoms with E-state index in [1.165, 1.54) is 35.2 Å². The maximum atomic E-state index is 14.0. The van der Waals surface area contributed by atoms with Gasteiger partial charge in [0.2, 0.25) is 11.8 Å². The molecule has 0 saturated heterocycles. The first kappa shape index (κ1) is 30.5. The topological polar surface area (TPSA) is 86.8 Å². The highest BCUT2D eigenvalue weighted by atomic mass is 35.5. The molecular weight excluding hydrogens is 565 g/mol. The number of aryl methyl sites for hydroxylation is 1. The molecule has 4 rings (SSSR count). The van der Waals surface area contributed by atoms with Crippen molar-refractivity contribution < 1.29 is 22.4 Å². The van der Waals surface area contributed by atoms with Crippen molar-refractivity contribution >= 4 is 39.1 Å². The van der Waals surface area contributed by atoms with Crippen LogP contribution in [0.15, 0.2) is 77.7 Å². The molecule has 2 amide bonds. The van der Waals surface area contributed by atoms with Gasteiger partial charge in [0.25, 0.3) is 10.0 Å². The van der Waals surface area contributed by atoms with E-state index in [4.69, 9.17) is 11.6 Å². The Labute approximate surface area is 246 Å². The first-order valence-corrected chi connectivity index (χ1v) is 15.6. The minimum absolute atomic E-state index is 0.00769. The number of nitrogens with zero attached hydrogens (tertiary/aromatic N) is 2. The molecule has 7 nitrogen and oxygen atoms in total. The molecule has 0 spiro atoms. The number of carbonyl (C=O) groups is 2. The summed E-state index contributed by atoms with van der Waals surface area (Å²) in [6, 6.07) is 17.4. The van der Waals surface area contributed by atoms with E-state index in [9.17, 15) is 22.4 Å². The van der Waals surface area contributed by atoms with Crippen LogP contribution >= 0.6 is 11.6 Å². The molecule has 3 aromatic carbocycles. The standard InChI is InChI=1S/C31H35ClFN3O4S/c1-22-13-18-27(19-29(22)32)36(41(39,40)28-11-7-4-8-12-28)21-30(37)35(20-24-14-16-25(33)17-15-24)23(2)31(38)34-26-9-5-3-6-10-26/h4,7-8,11-19,23,26H,3,5-6,9-10,20-21H2,1-2H3,(H,34,38)/t23-/m0/s1. The molecule has 0 bridgehead atoms. The van der Waals surface area contributed by atoms with Crippen molar-refractivity contribution in [2.45, 2.75) is 69.5 Å². The lowest BCUT2D eigenvalue weighted by molar-refractivity contribution is -0.139. The number of hydrogen-bond donors (Lipinski definition) is 1. The summed E-state index contributed by atoms with van der Waals surface area (Å²) in [6.45, 7) is 2.84. The maximum absolute atomic E-state index is 14.0. The van der Waals surface area contributed by atoms with E-state index in [0.29, 0.717) is 10.6 Å². The first-order valence-electron chi connectivity index (χ1n) is 13.7. The van der Waals surface area contributed by atoms with Gasteiger partial charge < -0.3 is 10.2 Å². The summed E-state index contributed by atoms with van der Waals surface area (Å²) >= 11 is 6.36. The van der Waals surface area contributed by atoms with Crippen molar-refractivity contribution in [1.82, 2.24) is 10.2 Å². The normalized spacial score (nSPS) is 14.7. The Morgan fingerprint density at radius 3 is 2.29 bits per heavy atom. The zero-order chi connectivity index (χ0) is 29.6. The number of anilines is 1. The fraction of sp³-hybridized carbons (Fsp3) is 0.355. The molecule has 1 N–H and O–H groups in total. The second kappa shape index (κ2) is 13.5. The van der Waals surface area contributed by atoms with Gasteiger partial charge in [-0.2, -0.15) is 0 Å². The number of hydrogen-bond acceptors (Lipinski definition) is 4. The predicted molar refractivity (Wildman–Crippen MR) is 159 cm³/mol. The van der Waals surface area contributed by atoms with Crippen molar-refractivity contribution in [1.29, 1.82) is 0 Å². The predicted octanol–water partition coefficient (Wildman–Crippen LogP) is 5.85. The SMILES string of the molecule is Cc1ccc(N(CC(=O)N(Cc2ccc(F)cc2)[C@@H](C)C(=O)NC2CCCCC2)S(=O)(=O)c2ccccc2)cc1Cl. The highest BCUT2D eigenvalue weighted by molar-refractivity contribution is 7.92. The van der Waals surface area contributed by atoms with E-state index < -0.39 is 34.3 Å². The molecule has 41 heavy (non-hydrogen) atoms. The second-order valence-electron chi connectivity index (χ2n) is 10.4. The van der Waals surface area contributed by atoms with E-state index >= 15 is 0 Å². The summed E-state index contributed by atoms with van der Waals surface area (Å²) in [5.74, 6) is -1.33. The van der Waals surface area contributed by atoms with Gasteiger partial charge in [0.15, 0.2) is 0 Å². The quantitative estimate of drug-likeness (QED) is 0.317. The Hall–Kier alpha value is -3.43. The minimum atomic E-state index is -4.18. The number of halogens is 2. The van der Waals surface area contributed by atoms with E-state index in [-0.39, 0.29) is 29.1 Å². The van der Waals surface area contributed by atoms with Gasteiger partial charge >= 0.3 is 0 Å². The highest BCUT2D eigenvalue weighted by Gasteiger charge is 2.33. The van der Waals surface area contributed by atoms with Gasteiger partial charge in [0, 0.05) is 17.6 Å². The third-order valence-electron chi connectivity index (χ3n) is 7.44. The molecule has 3 aromatic rings. The number of benzene rings is 3. The Balaban J connectivity index is 1.68. The fourth-order valence-corrected chi connectivity index (χ4v) is 6.53. The summed E-state index contributed by atoms with van der Waals surface area (Å²) in [7, 11) is -4.18. The lowest BCUT2D eigenvalue weighted by Crippen LogP contribution is -2.53. The van der Waals surface area contributed by atoms with Crippen LogP contribution in [0.1, 0.15) is 50.2 Å². The molecule has 1 atom stereocenters. The van der Waals surface area contributed by atoms with Crippen molar-refractivity contribution in [3.8, 4) is 0 Å². The van der Waals surface area contributed by atoms with Gasteiger partial charge in [0.1, 0.15) is 18.4 Å². The lowest BCUT2D eigenvalue weighted by atomic mass is 9.95. The highest BCUT2D eigenvalue weighted by Crippen LogP contribution is 2.28. The van der Waals surface area contributed by atoms with Crippen LogP contribution in [0.5, 0.6) is 0 Å². The fourth-order valence-electron chi connectivity index (χ4n) is 4.92. The molecule has 0 unspecified atom stereocenters. The van der Waals surface area contributed by atoms with Crippen molar-refractivity contribution in [3.63, 3.8) is 0 Å². The average Bonchev–Trinajstić information content (AvgIpc) is 2.97. The smallest absolute Gasteiger partial charge is 0.264 e. The summed E-state index contributed by atoms with van der Waals surface area (Å²) in [6.07, 6.45) is 4.95. The molecule has 1 fully saturated rings. The number of sulfonamides is 1. The average molecular weight is 600 g/mol. The number of rotatable bonds is 10. The lowest BCUT2D eigenvalue weighted by Gasteiger charge is -2.33. The van der Waals surface area contributed by atoms with Gasteiger partial charge in [-0.05, 0) is 74.2 Å². The number of nitrogens with one attached hydrogen (secondary N) is 1. The molecule has 10 heteroatoms. The van der Waals surface area contributed by atoms with Crippen LogP contribution in [0.4, 0.5) is 10.1 Å². The Morgan fingerprint density at radius 1 is 1.00 bits per heavy atom. The molecule has 0 heterocycles. The molecule has 1 aliphatic rings.